The summed E-state index contributed by atoms with van der Waals surface area (Å²) < 4.78 is 44.7. The molecule has 0 saturated heterocycles. The van der Waals surface area contributed by atoms with Crippen LogP contribution >= 0.6 is 0 Å². The van der Waals surface area contributed by atoms with Crippen molar-refractivity contribution in [3.63, 3.8) is 0 Å². The van der Waals surface area contributed by atoms with Gasteiger partial charge in [-0.1, -0.05) is 12.1 Å². The zero-order valence-corrected chi connectivity index (χ0v) is 15.0. The first-order valence-corrected chi connectivity index (χ1v) is 8.44. The Morgan fingerprint density at radius 3 is 2.52 bits per heavy atom. The van der Waals surface area contributed by atoms with E-state index in [1.807, 2.05) is 0 Å². The molecule has 0 amide bonds. The molecule has 0 radical (unpaired) electrons. The second-order valence-corrected chi connectivity index (χ2v) is 6.13. The van der Waals surface area contributed by atoms with Gasteiger partial charge in [-0.15, -0.1) is 0 Å². The van der Waals surface area contributed by atoms with Crippen molar-refractivity contribution in [2.75, 3.05) is 7.11 Å². The lowest BCUT2D eigenvalue weighted by atomic mass is 10.0. The molecule has 0 saturated carbocycles. The minimum Gasteiger partial charge on any atom is -0.481 e. The van der Waals surface area contributed by atoms with Crippen molar-refractivity contribution < 1.29 is 17.9 Å². The summed E-state index contributed by atoms with van der Waals surface area (Å²) in [6.07, 6.45) is -1.62. The first-order valence-electron chi connectivity index (χ1n) is 8.44. The van der Waals surface area contributed by atoms with Crippen LogP contribution in [-0.4, -0.2) is 27.0 Å². The van der Waals surface area contributed by atoms with Crippen LogP contribution in [0.15, 0.2) is 59.7 Å². The number of fused-ring (bicyclic) bond motifs is 1. The zero-order chi connectivity index (χ0) is 20.6. The van der Waals surface area contributed by atoms with Gasteiger partial charge in [0.2, 0.25) is 11.3 Å². The maximum absolute atomic E-state index is 13.2. The molecule has 0 fully saturated rings. The molecular formula is C20H13F3N4O2. The van der Waals surface area contributed by atoms with Crippen LogP contribution < -0.4 is 10.2 Å². The van der Waals surface area contributed by atoms with E-state index in [2.05, 4.69) is 19.9 Å². The van der Waals surface area contributed by atoms with E-state index in [1.54, 1.807) is 12.1 Å². The van der Waals surface area contributed by atoms with E-state index in [1.165, 1.54) is 37.7 Å². The van der Waals surface area contributed by atoms with Crippen LogP contribution in [0.1, 0.15) is 5.56 Å². The molecule has 1 aromatic carbocycles. The van der Waals surface area contributed by atoms with Crippen LogP contribution in [0.2, 0.25) is 0 Å². The quantitative estimate of drug-likeness (QED) is 0.563. The van der Waals surface area contributed by atoms with Gasteiger partial charge in [0, 0.05) is 35.7 Å². The molecule has 0 unspecified atom stereocenters. The maximum atomic E-state index is 13.2. The highest BCUT2D eigenvalue weighted by atomic mass is 19.4. The lowest BCUT2D eigenvalue weighted by Crippen LogP contribution is -2.08. The van der Waals surface area contributed by atoms with E-state index in [-0.39, 0.29) is 33.5 Å². The zero-order valence-electron chi connectivity index (χ0n) is 15.0. The molecule has 4 rings (SSSR count). The van der Waals surface area contributed by atoms with Gasteiger partial charge in [-0.25, -0.2) is 15.0 Å². The average molecular weight is 398 g/mol. The number of pyridine rings is 2. The number of alkyl halides is 3. The van der Waals surface area contributed by atoms with Gasteiger partial charge >= 0.3 is 6.18 Å². The van der Waals surface area contributed by atoms with Gasteiger partial charge in [0.1, 0.15) is 0 Å². The molecule has 6 nitrogen and oxygen atoms in total. The molecule has 0 bridgehead atoms. The summed E-state index contributed by atoms with van der Waals surface area (Å²) in [4.78, 5) is 27.9. The van der Waals surface area contributed by atoms with Crippen LogP contribution in [0.5, 0.6) is 5.88 Å². The second-order valence-electron chi connectivity index (χ2n) is 6.13. The molecule has 1 N–H and O–H groups in total. The van der Waals surface area contributed by atoms with Crippen molar-refractivity contribution in [2.24, 2.45) is 0 Å². The van der Waals surface area contributed by atoms with E-state index in [4.69, 9.17) is 4.74 Å². The molecule has 0 spiro atoms. The number of benzene rings is 1. The number of ether oxygens (including phenoxy) is 1. The Bertz CT molecular complexity index is 1270. The molecule has 0 aliphatic rings. The van der Waals surface area contributed by atoms with Gasteiger partial charge in [-0.05, 0) is 18.2 Å². The number of rotatable bonds is 3. The van der Waals surface area contributed by atoms with Crippen molar-refractivity contribution >= 4 is 11.2 Å². The summed E-state index contributed by atoms with van der Waals surface area (Å²) in [6, 6.07) is 9.28. The Labute approximate surface area is 162 Å². The lowest BCUT2D eigenvalue weighted by Gasteiger charge is -2.12. The van der Waals surface area contributed by atoms with Gasteiger partial charge in [0.15, 0.2) is 11.2 Å². The Morgan fingerprint density at radius 2 is 1.76 bits per heavy atom. The number of aromatic amines is 1. The summed E-state index contributed by atoms with van der Waals surface area (Å²) in [7, 11) is 1.44. The third-order valence-corrected chi connectivity index (χ3v) is 4.26. The van der Waals surface area contributed by atoms with Gasteiger partial charge in [-0.3, -0.25) is 4.79 Å². The Balaban J connectivity index is 2.03. The van der Waals surface area contributed by atoms with Crippen LogP contribution in [0.25, 0.3) is 33.7 Å². The van der Waals surface area contributed by atoms with Crippen LogP contribution in [0.3, 0.4) is 0 Å². The molecule has 9 heteroatoms. The third kappa shape index (κ3) is 3.54. The summed E-state index contributed by atoms with van der Waals surface area (Å²) in [5.74, 6) is 0.293. The fourth-order valence-corrected chi connectivity index (χ4v) is 2.90. The van der Waals surface area contributed by atoms with Crippen molar-refractivity contribution in [1.82, 2.24) is 19.9 Å². The van der Waals surface area contributed by atoms with E-state index in [0.29, 0.717) is 11.4 Å². The number of nitrogens with one attached hydrogen (secondary N) is 1. The molecule has 3 heterocycles. The van der Waals surface area contributed by atoms with E-state index >= 15 is 0 Å². The molecular weight excluding hydrogens is 385 g/mol. The monoisotopic (exact) mass is 398 g/mol. The fraction of sp³-hybridized carbons (Fsp3) is 0.100. The topological polar surface area (TPSA) is 80.8 Å². The Morgan fingerprint density at radius 1 is 1.00 bits per heavy atom. The number of hydrogen-bond acceptors (Lipinski definition) is 5. The van der Waals surface area contributed by atoms with Crippen LogP contribution in [0, 0.1) is 0 Å². The molecule has 0 aliphatic carbocycles. The summed E-state index contributed by atoms with van der Waals surface area (Å²) in [6.45, 7) is 0. The van der Waals surface area contributed by atoms with Gasteiger partial charge in [0.25, 0.3) is 0 Å². The van der Waals surface area contributed by atoms with Crippen molar-refractivity contribution in [3.8, 4) is 28.4 Å². The van der Waals surface area contributed by atoms with E-state index in [0.717, 1.165) is 12.1 Å². The van der Waals surface area contributed by atoms with E-state index in [9.17, 15) is 18.0 Å². The normalized spacial score (nSPS) is 11.6. The van der Waals surface area contributed by atoms with Crippen LogP contribution in [0.4, 0.5) is 13.2 Å². The molecule has 3 aromatic heterocycles. The number of halogens is 3. The maximum Gasteiger partial charge on any atom is 0.416 e. The van der Waals surface area contributed by atoms with Crippen molar-refractivity contribution in [2.45, 2.75) is 6.18 Å². The van der Waals surface area contributed by atoms with Gasteiger partial charge in [-0.2, -0.15) is 13.2 Å². The SMILES string of the molecule is COc1cc(-c2nc3c(=O)cc[nH]c3nc2-c2cccc(C(F)(F)F)c2)ccn1. The highest BCUT2D eigenvalue weighted by molar-refractivity contribution is 5.84. The minimum atomic E-state index is -4.51. The standard InChI is InChI=1S/C20H13F3N4O2/c1-29-15-10-12(5-7-24-15)16-17(11-3-2-4-13(9-11)20(21,22)23)27-19-18(26-16)14(28)6-8-25-19/h2-10H,1H3,(H,25,27,28). The number of H-pyrrole nitrogens is 1. The fourth-order valence-electron chi connectivity index (χ4n) is 2.90. The highest BCUT2D eigenvalue weighted by Gasteiger charge is 2.31. The largest absolute Gasteiger partial charge is 0.481 e. The minimum absolute atomic E-state index is 0.0778. The molecule has 0 aliphatic heterocycles. The predicted octanol–water partition coefficient (Wildman–Crippen LogP) is 4.07. The van der Waals surface area contributed by atoms with Gasteiger partial charge in [0.05, 0.1) is 24.1 Å². The molecule has 4 aromatic rings. The van der Waals surface area contributed by atoms with Crippen LogP contribution in [-0.2, 0) is 6.18 Å². The van der Waals surface area contributed by atoms with Crippen molar-refractivity contribution in [1.29, 1.82) is 0 Å². The first-order chi connectivity index (χ1) is 13.9. The first kappa shape index (κ1) is 18.6. The highest BCUT2D eigenvalue weighted by Crippen LogP contribution is 2.35. The second kappa shape index (κ2) is 7.01. The lowest BCUT2D eigenvalue weighted by molar-refractivity contribution is -0.137. The number of hydrogen-bond donors (Lipinski definition) is 1. The van der Waals surface area contributed by atoms with Gasteiger partial charge < -0.3 is 9.72 Å². The molecule has 146 valence electrons. The Kier molecular flexibility index (Phi) is 4.50. The van der Waals surface area contributed by atoms with E-state index < -0.39 is 11.7 Å². The third-order valence-electron chi connectivity index (χ3n) is 4.26. The smallest absolute Gasteiger partial charge is 0.416 e. The summed E-state index contributed by atoms with van der Waals surface area (Å²) in [5.41, 5.74) is 0.240. The number of methoxy groups -OCH3 is 1. The molecule has 29 heavy (non-hydrogen) atoms. The Hall–Kier alpha value is -3.75. The average Bonchev–Trinajstić information content (AvgIpc) is 2.73. The predicted molar refractivity (Wildman–Crippen MR) is 100 cm³/mol. The summed E-state index contributed by atoms with van der Waals surface area (Å²) >= 11 is 0. The number of aromatic nitrogens is 4. The number of nitrogens with zero attached hydrogens (tertiary/aromatic N) is 3. The molecule has 0 atom stereocenters. The summed E-state index contributed by atoms with van der Waals surface area (Å²) in [5, 5.41) is 0. The van der Waals surface area contributed by atoms with Crippen molar-refractivity contribution in [3.05, 3.63) is 70.6 Å².